The molecule has 1 aliphatic heterocycles. The van der Waals surface area contributed by atoms with Gasteiger partial charge < -0.3 is 10.5 Å². The van der Waals surface area contributed by atoms with Gasteiger partial charge in [-0.3, -0.25) is 4.79 Å². The zero-order valence-corrected chi connectivity index (χ0v) is 10.3. The van der Waals surface area contributed by atoms with Crippen LogP contribution in [0.1, 0.15) is 5.56 Å². The van der Waals surface area contributed by atoms with Gasteiger partial charge >= 0.3 is 0 Å². The SMILES string of the molecule is NC(=O)C1COc2ccc(S(=O)(=O)Cl)cc2C1. The number of nitrogens with two attached hydrogens (primary N) is 1. The Morgan fingerprint density at radius 2 is 2.18 bits per heavy atom. The van der Waals surface area contributed by atoms with Gasteiger partial charge in [-0.05, 0) is 30.2 Å². The molecule has 7 heteroatoms. The lowest BCUT2D eigenvalue weighted by atomic mass is 9.96. The van der Waals surface area contributed by atoms with Crippen LogP contribution in [0.4, 0.5) is 0 Å². The molecule has 92 valence electrons. The first-order valence-corrected chi connectivity index (χ1v) is 7.18. The minimum Gasteiger partial charge on any atom is -0.492 e. The molecule has 1 unspecified atom stereocenters. The molecule has 5 nitrogen and oxygen atoms in total. The van der Waals surface area contributed by atoms with Crippen LogP contribution in [0.3, 0.4) is 0 Å². The number of halogens is 1. The molecule has 0 aliphatic carbocycles. The average Bonchev–Trinajstić information content (AvgIpc) is 2.26. The standard InChI is InChI=1S/C10H10ClNO4S/c11-17(14,15)8-1-2-9-6(4-8)3-7(5-16-9)10(12)13/h1-2,4,7H,3,5H2,(H2,12,13). The topological polar surface area (TPSA) is 86.5 Å². The summed E-state index contributed by atoms with van der Waals surface area (Å²) < 4.78 is 27.7. The monoisotopic (exact) mass is 275 g/mol. The highest BCUT2D eigenvalue weighted by Crippen LogP contribution is 2.30. The summed E-state index contributed by atoms with van der Waals surface area (Å²) >= 11 is 0. The predicted molar refractivity (Wildman–Crippen MR) is 61.4 cm³/mol. The van der Waals surface area contributed by atoms with Gasteiger partial charge in [0.15, 0.2) is 0 Å². The fraction of sp³-hybridized carbons (Fsp3) is 0.300. The van der Waals surface area contributed by atoms with Crippen molar-refractivity contribution in [1.29, 1.82) is 0 Å². The number of amides is 1. The predicted octanol–water partition coefficient (Wildman–Crippen LogP) is 0.651. The lowest BCUT2D eigenvalue weighted by Gasteiger charge is -2.23. The van der Waals surface area contributed by atoms with Gasteiger partial charge in [-0.25, -0.2) is 8.42 Å². The summed E-state index contributed by atoms with van der Waals surface area (Å²) in [4.78, 5) is 11.0. The van der Waals surface area contributed by atoms with Crippen LogP contribution in [0.5, 0.6) is 5.75 Å². The van der Waals surface area contributed by atoms with Crippen LogP contribution in [0, 0.1) is 5.92 Å². The molecule has 0 aromatic heterocycles. The highest BCUT2D eigenvalue weighted by molar-refractivity contribution is 8.13. The summed E-state index contributed by atoms with van der Waals surface area (Å²) in [6.45, 7) is 0.218. The van der Waals surface area contributed by atoms with Gasteiger partial charge in [0.1, 0.15) is 12.4 Å². The molecule has 1 aliphatic rings. The Hall–Kier alpha value is -1.27. The Labute approximate surface area is 103 Å². The van der Waals surface area contributed by atoms with E-state index < -0.39 is 20.9 Å². The summed E-state index contributed by atoms with van der Waals surface area (Å²) in [6.07, 6.45) is 0.366. The highest BCUT2D eigenvalue weighted by Gasteiger charge is 2.25. The first-order valence-electron chi connectivity index (χ1n) is 4.87. The van der Waals surface area contributed by atoms with E-state index >= 15 is 0 Å². The first-order chi connectivity index (χ1) is 7.88. The summed E-state index contributed by atoms with van der Waals surface area (Å²) in [6, 6.07) is 4.31. The quantitative estimate of drug-likeness (QED) is 0.803. The molecule has 1 heterocycles. The van der Waals surface area contributed by atoms with E-state index in [0.29, 0.717) is 17.7 Å². The Kier molecular flexibility index (Phi) is 3.01. The number of carbonyl (C=O) groups excluding carboxylic acids is 1. The van der Waals surface area contributed by atoms with E-state index in [1.807, 2.05) is 0 Å². The van der Waals surface area contributed by atoms with E-state index in [1.165, 1.54) is 18.2 Å². The van der Waals surface area contributed by atoms with Crippen LogP contribution < -0.4 is 10.5 Å². The fourth-order valence-corrected chi connectivity index (χ4v) is 2.51. The van der Waals surface area contributed by atoms with Crippen molar-refractivity contribution < 1.29 is 17.9 Å². The van der Waals surface area contributed by atoms with Gasteiger partial charge in [0, 0.05) is 10.7 Å². The van der Waals surface area contributed by atoms with Crippen LogP contribution in [-0.4, -0.2) is 20.9 Å². The van der Waals surface area contributed by atoms with Crippen molar-refractivity contribution in [3.63, 3.8) is 0 Å². The minimum atomic E-state index is -3.77. The number of hydrogen-bond acceptors (Lipinski definition) is 4. The Bertz CT molecular complexity index is 570. The largest absolute Gasteiger partial charge is 0.492 e. The van der Waals surface area contributed by atoms with E-state index in [0.717, 1.165) is 0 Å². The summed E-state index contributed by atoms with van der Waals surface area (Å²) in [5.74, 6) is -0.336. The third kappa shape index (κ3) is 2.53. The van der Waals surface area contributed by atoms with Gasteiger partial charge in [-0.1, -0.05) is 0 Å². The van der Waals surface area contributed by atoms with Crippen LogP contribution in [-0.2, 0) is 20.3 Å². The molecule has 0 saturated heterocycles. The maximum absolute atomic E-state index is 11.2. The van der Waals surface area contributed by atoms with E-state index in [4.69, 9.17) is 21.2 Å². The average molecular weight is 276 g/mol. The van der Waals surface area contributed by atoms with E-state index in [-0.39, 0.29) is 11.5 Å². The Morgan fingerprint density at radius 1 is 1.47 bits per heavy atom. The van der Waals surface area contributed by atoms with Crippen molar-refractivity contribution in [2.45, 2.75) is 11.3 Å². The van der Waals surface area contributed by atoms with Crippen molar-refractivity contribution in [2.75, 3.05) is 6.61 Å². The molecule has 1 amide bonds. The molecule has 1 aromatic carbocycles. The van der Waals surface area contributed by atoms with Gasteiger partial charge in [0.2, 0.25) is 5.91 Å². The minimum absolute atomic E-state index is 0.00774. The molecule has 2 N–H and O–H groups in total. The maximum atomic E-state index is 11.2. The lowest BCUT2D eigenvalue weighted by molar-refractivity contribution is -0.123. The first kappa shape index (κ1) is 12.2. The van der Waals surface area contributed by atoms with Gasteiger partial charge in [0.25, 0.3) is 9.05 Å². The zero-order chi connectivity index (χ0) is 12.6. The van der Waals surface area contributed by atoms with Crippen molar-refractivity contribution in [1.82, 2.24) is 0 Å². The van der Waals surface area contributed by atoms with Crippen molar-refractivity contribution in [2.24, 2.45) is 11.7 Å². The number of hydrogen-bond donors (Lipinski definition) is 1. The van der Waals surface area contributed by atoms with Crippen molar-refractivity contribution in [3.8, 4) is 5.75 Å². The van der Waals surface area contributed by atoms with Crippen LogP contribution >= 0.6 is 10.7 Å². The van der Waals surface area contributed by atoms with Crippen LogP contribution in [0.2, 0.25) is 0 Å². The maximum Gasteiger partial charge on any atom is 0.261 e. The summed E-state index contributed by atoms with van der Waals surface area (Å²) in [5, 5.41) is 0. The molecule has 17 heavy (non-hydrogen) atoms. The normalized spacial score (nSPS) is 19.2. The van der Waals surface area contributed by atoms with Crippen LogP contribution in [0.25, 0.3) is 0 Å². The number of ether oxygens (including phenoxy) is 1. The molecule has 0 fully saturated rings. The summed E-state index contributed by atoms with van der Waals surface area (Å²) in [5.41, 5.74) is 5.81. The van der Waals surface area contributed by atoms with E-state index in [1.54, 1.807) is 0 Å². The molecule has 1 aromatic rings. The number of fused-ring (bicyclic) bond motifs is 1. The molecule has 2 rings (SSSR count). The van der Waals surface area contributed by atoms with E-state index in [9.17, 15) is 13.2 Å². The third-order valence-electron chi connectivity index (χ3n) is 2.62. The van der Waals surface area contributed by atoms with Crippen LogP contribution in [0.15, 0.2) is 23.1 Å². The van der Waals surface area contributed by atoms with Gasteiger partial charge in [0.05, 0.1) is 10.8 Å². The number of carbonyl (C=O) groups is 1. The third-order valence-corrected chi connectivity index (χ3v) is 3.97. The highest BCUT2D eigenvalue weighted by atomic mass is 35.7. The molecular formula is C10H10ClNO4S. The second kappa shape index (κ2) is 4.19. The molecule has 1 atom stereocenters. The zero-order valence-electron chi connectivity index (χ0n) is 8.72. The van der Waals surface area contributed by atoms with E-state index in [2.05, 4.69) is 0 Å². The van der Waals surface area contributed by atoms with Crippen molar-refractivity contribution in [3.05, 3.63) is 23.8 Å². The lowest BCUT2D eigenvalue weighted by Crippen LogP contribution is -2.33. The number of benzene rings is 1. The van der Waals surface area contributed by atoms with Crippen molar-refractivity contribution >= 4 is 25.6 Å². The smallest absolute Gasteiger partial charge is 0.261 e. The molecule has 0 radical (unpaired) electrons. The Morgan fingerprint density at radius 3 is 2.76 bits per heavy atom. The second-order valence-corrected chi connectivity index (χ2v) is 6.39. The van der Waals surface area contributed by atoms with Gasteiger partial charge in [-0.2, -0.15) is 0 Å². The van der Waals surface area contributed by atoms with Gasteiger partial charge in [-0.15, -0.1) is 0 Å². The molecule has 0 spiro atoms. The summed E-state index contributed by atoms with van der Waals surface area (Å²) in [7, 11) is 1.47. The Balaban J connectivity index is 2.39. The number of rotatable bonds is 2. The molecule has 0 saturated carbocycles. The number of primary amides is 1. The molecular weight excluding hydrogens is 266 g/mol. The fourth-order valence-electron chi connectivity index (χ4n) is 1.71. The molecule has 0 bridgehead atoms. The second-order valence-electron chi connectivity index (χ2n) is 3.82.